The van der Waals surface area contributed by atoms with Crippen molar-refractivity contribution in [3.63, 3.8) is 0 Å². The van der Waals surface area contributed by atoms with Crippen molar-refractivity contribution < 1.29 is 18.0 Å². The van der Waals surface area contributed by atoms with E-state index in [-0.39, 0.29) is 5.57 Å². The number of allylic oxidation sites excluding steroid dienone is 2. The van der Waals surface area contributed by atoms with E-state index in [0.29, 0.717) is 11.1 Å². The van der Waals surface area contributed by atoms with Crippen molar-refractivity contribution in [2.45, 2.75) is 19.0 Å². The predicted octanol–water partition coefficient (Wildman–Crippen LogP) is 3.10. The van der Waals surface area contributed by atoms with Crippen LogP contribution in [0.15, 0.2) is 47.8 Å². The van der Waals surface area contributed by atoms with Gasteiger partial charge in [0.05, 0.1) is 17.6 Å². The molecule has 108 valence electrons. The fourth-order valence-electron chi connectivity index (χ4n) is 2.26. The van der Waals surface area contributed by atoms with Crippen LogP contribution in [0.3, 0.4) is 0 Å². The number of aryl methyl sites for hydroxylation is 1. The van der Waals surface area contributed by atoms with E-state index in [2.05, 4.69) is 5.32 Å². The van der Waals surface area contributed by atoms with Crippen molar-refractivity contribution >= 4 is 5.78 Å². The Morgan fingerprint density at radius 1 is 1.29 bits per heavy atom. The average molecular weight is 292 g/mol. The second-order valence-electron chi connectivity index (χ2n) is 4.59. The van der Waals surface area contributed by atoms with Gasteiger partial charge in [0.15, 0.2) is 0 Å². The van der Waals surface area contributed by atoms with E-state index in [1.54, 1.807) is 31.2 Å². The molecule has 2 rings (SSSR count). The third kappa shape index (κ3) is 2.82. The number of nitriles is 1. The van der Waals surface area contributed by atoms with Gasteiger partial charge in [-0.3, -0.25) is 4.79 Å². The summed E-state index contributed by atoms with van der Waals surface area (Å²) in [7, 11) is 0. The number of carbonyl (C=O) groups excluding carboxylic acids is 1. The Hall–Kier alpha value is -2.55. The summed E-state index contributed by atoms with van der Waals surface area (Å²) < 4.78 is 38.2. The molecule has 1 aliphatic rings. The van der Waals surface area contributed by atoms with Crippen LogP contribution in [0.5, 0.6) is 0 Å². The molecule has 1 heterocycles. The Labute approximate surface area is 119 Å². The van der Waals surface area contributed by atoms with E-state index in [4.69, 9.17) is 5.26 Å². The Bertz CT molecular complexity index is 681. The first-order valence-corrected chi connectivity index (χ1v) is 6.09. The van der Waals surface area contributed by atoms with Gasteiger partial charge in [0, 0.05) is 18.0 Å². The smallest absolute Gasteiger partial charge is 0.366 e. The summed E-state index contributed by atoms with van der Waals surface area (Å²) in [5.74, 6) is -2.95. The molecule has 0 spiro atoms. The van der Waals surface area contributed by atoms with Gasteiger partial charge in [0.25, 0.3) is 5.78 Å². The van der Waals surface area contributed by atoms with Crippen LogP contribution >= 0.6 is 0 Å². The Kier molecular flexibility index (Phi) is 3.85. The highest BCUT2D eigenvalue weighted by Gasteiger charge is 2.44. The number of nitrogens with one attached hydrogen (secondary N) is 1. The first-order chi connectivity index (χ1) is 9.86. The van der Waals surface area contributed by atoms with Gasteiger partial charge in [-0.25, -0.2) is 0 Å². The maximum absolute atomic E-state index is 12.7. The van der Waals surface area contributed by atoms with Crippen LogP contribution in [-0.4, -0.2) is 12.0 Å². The van der Waals surface area contributed by atoms with Crippen molar-refractivity contribution in [3.8, 4) is 6.07 Å². The van der Waals surface area contributed by atoms with Crippen LogP contribution in [0.4, 0.5) is 13.2 Å². The molecular formula is C15H11F3N2O. The number of carbonyl (C=O) groups is 1. The molecule has 0 bridgehead atoms. The molecule has 0 saturated heterocycles. The van der Waals surface area contributed by atoms with Crippen molar-refractivity contribution in [1.29, 1.82) is 5.26 Å². The zero-order valence-corrected chi connectivity index (χ0v) is 11.0. The van der Waals surface area contributed by atoms with Gasteiger partial charge in [-0.2, -0.15) is 18.4 Å². The SMILES string of the molecule is Cc1ccccc1C1C(C#N)=CNC=C1C(=O)C(F)(F)F. The number of Topliss-reactive ketones (excluding diaryl/α,β-unsaturated/α-hetero) is 1. The van der Waals surface area contributed by atoms with Crippen LogP contribution < -0.4 is 5.32 Å². The molecule has 0 aromatic heterocycles. The molecule has 0 saturated carbocycles. The number of benzene rings is 1. The third-order valence-corrected chi connectivity index (χ3v) is 3.25. The number of halogens is 3. The summed E-state index contributed by atoms with van der Waals surface area (Å²) in [4.78, 5) is 11.6. The van der Waals surface area contributed by atoms with E-state index >= 15 is 0 Å². The number of ketones is 1. The minimum absolute atomic E-state index is 0.0689. The van der Waals surface area contributed by atoms with Gasteiger partial charge in [-0.05, 0) is 18.1 Å². The lowest BCUT2D eigenvalue weighted by atomic mass is 9.80. The molecule has 3 nitrogen and oxygen atoms in total. The second kappa shape index (κ2) is 5.44. The van der Waals surface area contributed by atoms with Crippen molar-refractivity contribution in [1.82, 2.24) is 5.32 Å². The molecule has 1 aromatic carbocycles. The molecule has 1 aliphatic heterocycles. The Morgan fingerprint density at radius 2 is 1.95 bits per heavy atom. The fourth-order valence-corrected chi connectivity index (χ4v) is 2.26. The average Bonchev–Trinajstić information content (AvgIpc) is 2.45. The highest BCUT2D eigenvalue weighted by molar-refractivity contribution is 6.02. The van der Waals surface area contributed by atoms with Crippen LogP contribution in [0.25, 0.3) is 0 Å². The molecule has 0 amide bonds. The topological polar surface area (TPSA) is 52.9 Å². The number of dihydropyridines is 1. The lowest BCUT2D eigenvalue weighted by Crippen LogP contribution is -2.31. The number of hydrogen-bond donors (Lipinski definition) is 1. The minimum Gasteiger partial charge on any atom is -0.366 e. The van der Waals surface area contributed by atoms with Gasteiger partial charge in [-0.1, -0.05) is 24.3 Å². The van der Waals surface area contributed by atoms with Gasteiger partial charge in [0.2, 0.25) is 0 Å². The minimum atomic E-state index is -4.98. The lowest BCUT2D eigenvalue weighted by molar-refractivity contribution is -0.166. The molecule has 6 heteroatoms. The lowest BCUT2D eigenvalue weighted by Gasteiger charge is -2.25. The maximum Gasteiger partial charge on any atom is 0.454 e. The van der Waals surface area contributed by atoms with E-state index in [1.807, 2.05) is 6.07 Å². The molecule has 1 N–H and O–H groups in total. The fraction of sp³-hybridized carbons (Fsp3) is 0.200. The number of hydrogen-bond acceptors (Lipinski definition) is 3. The molecule has 1 unspecified atom stereocenters. The van der Waals surface area contributed by atoms with Crippen LogP contribution in [0, 0.1) is 18.3 Å². The Morgan fingerprint density at radius 3 is 2.52 bits per heavy atom. The second-order valence-corrected chi connectivity index (χ2v) is 4.59. The number of alkyl halides is 3. The molecule has 0 radical (unpaired) electrons. The van der Waals surface area contributed by atoms with Crippen LogP contribution in [-0.2, 0) is 4.79 Å². The van der Waals surface area contributed by atoms with E-state index in [1.165, 1.54) is 6.20 Å². The highest BCUT2D eigenvalue weighted by atomic mass is 19.4. The number of nitrogens with zero attached hydrogens (tertiary/aromatic N) is 1. The van der Waals surface area contributed by atoms with E-state index < -0.39 is 23.5 Å². The summed E-state index contributed by atoms with van der Waals surface area (Å²) in [6, 6.07) is 8.60. The van der Waals surface area contributed by atoms with Gasteiger partial charge < -0.3 is 5.32 Å². The third-order valence-electron chi connectivity index (χ3n) is 3.25. The predicted molar refractivity (Wildman–Crippen MR) is 69.9 cm³/mol. The molecule has 21 heavy (non-hydrogen) atoms. The molecule has 0 aliphatic carbocycles. The summed E-state index contributed by atoms with van der Waals surface area (Å²) in [6.45, 7) is 1.72. The van der Waals surface area contributed by atoms with Crippen molar-refractivity contribution in [2.24, 2.45) is 0 Å². The molecule has 1 aromatic rings. The zero-order chi connectivity index (χ0) is 15.6. The van der Waals surface area contributed by atoms with Crippen molar-refractivity contribution in [3.05, 3.63) is 58.9 Å². The van der Waals surface area contributed by atoms with Gasteiger partial charge >= 0.3 is 6.18 Å². The summed E-state index contributed by atoms with van der Waals surface area (Å²) in [6.07, 6.45) is -2.66. The van der Waals surface area contributed by atoms with Gasteiger partial charge in [-0.15, -0.1) is 0 Å². The first-order valence-electron chi connectivity index (χ1n) is 6.09. The van der Waals surface area contributed by atoms with Crippen LogP contribution in [0.2, 0.25) is 0 Å². The summed E-state index contributed by atoms with van der Waals surface area (Å²) in [5, 5.41) is 11.6. The number of rotatable bonds is 2. The highest BCUT2D eigenvalue weighted by Crippen LogP contribution is 2.38. The maximum atomic E-state index is 12.7. The van der Waals surface area contributed by atoms with E-state index in [9.17, 15) is 18.0 Å². The van der Waals surface area contributed by atoms with Crippen LogP contribution in [0.1, 0.15) is 17.0 Å². The zero-order valence-electron chi connectivity index (χ0n) is 11.0. The first kappa shape index (κ1) is 14.9. The normalized spacial score (nSPS) is 18.1. The quantitative estimate of drug-likeness (QED) is 0.911. The molecule has 0 fully saturated rings. The monoisotopic (exact) mass is 292 g/mol. The molecular weight excluding hydrogens is 281 g/mol. The Balaban J connectivity index is 2.56. The van der Waals surface area contributed by atoms with Crippen molar-refractivity contribution in [2.75, 3.05) is 0 Å². The van der Waals surface area contributed by atoms with Gasteiger partial charge in [0.1, 0.15) is 0 Å². The molecule has 1 atom stereocenters. The summed E-state index contributed by atoms with van der Waals surface area (Å²) >= 11 is 0. The summed E-state index contributed by atoms with van der Waals surface area (Å²) in [5.41, 5.74) is 0.817. The standard InChI is InChI=1S/C15H11F3N2O/c1-9-4-2-3-5-11(9)13-10(6-19)7-20-8-12(13)14(21)15(16,17)18/h2-5,7-8,13,20H,1H3. The largest absolute Gasteiger partial charge is 0.454 e. The van der Waals surface area contributed by atoms with E-state index in [0.717, 1.165) is 6.20 Å².